The first kappa shape index (κ1) is 14.8. The zero-order valence-corrected chi connectivity index (χ0v) is 12.2. The van der Waals surface area contributed by atoms with Gasteiger partial charge >= 0.3 is 0 Å². The number of hydrogen-bond donors (Lipinski definition) is 1. The van der Waals surface area contributed by atoms with Crippen LogP contribution in [0.15, 0.2) is 18.2 Å². The SMILES string of the molecule is Cc1cc(Cl)ccc1NC(=O)CN1CCN(C=O)CC1. The van der Waals surface area contributed by atoms with Gasteiger partial charge in [-0.05, 0) is 30.7 Å². The quantitative estimate of drug-likeness (QED) is 0.854. The Labute approximate surface area is 123 Å². The lowest BCUT2D eigenvalue weighted by Crippen LogP contribution is -2.48. The van der Waals surface area contributed by atoms with Gasteiger partial charge in [0, 0.05) is 36.9 Å². The third kappa shape index (κ3) is 3.95. The Morgan fingerprint density at radius 1 is 1.35 bits per heavy atom. The van der Waals surface area contributed by atoms with Crippen molar-refractivity contribution < 1.29 is 9.59 Å². The maximum atomic E-state index is 12.0. The van der Waals surface area contributed by atoms with Crippen molar-refractivity contribution in [1.29, 1.82) is 0 Å². The van der Waals surface area contributed by atoms with Crippen LogP contribution in [0.25, 0.3) is 0 Å². The molecular weight excluding hydrogens is 278 g/mol. The molecule has 108 valence electrons. The van der Waals surface area contributed by atoms with Crippen LogP contribution in [-0.2, 0) is 9.59 Å². The zero-order valence-electron chi connectivity index (χ0n) is 11.4. The van der Waals surface area contributed by atoms with Gasteiger partial charge in [0.2, 0.25) is 12.3 Å². The lowest BCUT2D eigenvalue weighted by Gasteiger charge is -2.31. The number of aryl methyl sites for hydroxylation is 1. The summed E-state index contributed by atoms with van der Waals surface area (Å²) in [6.45, 7) is 5.06. The van der Waals surface area contributed by atoms with Crippen LogP contribution >= 0.6 is 11.6 Å². The van der Waals surface area contributed by atoms with Gasteiger partial charge in [-0.3, -0.25) is 14.5 Å². The van der Waals surface area contributed by atoms with Crippen LogP contribution in [0.1, 0.15) is 5.56 Å². The minimum absolute atomic E-state index is 0.0463. The fourth-order valence-corrected chi connectivity index (χ4v) is 2.41. The maximum Gasteiger partial charge on any atom is 0.238 e. The molecule has 0 atom stereocenters. The number of amides is 2. The first-order valence-corrected chi connectivity index (χ1v) is 6.94. The van der Waals surface area contributed by atoms with Gasteiger partial charge in [0.15, 0.2) is 0 Å². The van der Waals surface area contributed by atoms with Crippen LogP contribution < -0.4 is 5.32 Å². The Balaban J connectivity index is 1.85. The normalized spacial score (nSPS) is 16.0. The first-order chi connectivity index (χ1) is 9.58. The van der Waals surface area contributed by atoms with Gasteiger partial charge in [-0.2, -0.15) is 0 Å². The van der Waals surface area contributed by atoms with E-state index in [2.05, 4.69) is 5.32 Å². The lowest BCUT2D eigenvalue weighted by atomic mass is 10.2. The Bertz CT molecular complexity index is 499. The summed E-state index contributed by atoms with van der Waals surface area (Å²) in [5, 5.41) is 3.55. The highest BCUT2D eigenvalue weighted by molar-refractivity contribution is 6.30. The zero-order chi connectivity index (χ0) is 14.5. The molecule has 1 saturated heterocycles. The number of carbonyl (C=O) groups excluding carboxylic acids is 2. The van der Waals surface area contributed by atoms with Gasteiger partial charge in [-0.15, -0.1) is 0 Å². The highest BCUT2D eigenvalue weighted by Gasteiger charge is 2.17. The van der Waals surface area contributed by atoms with Crippen molar-refractivity contribution in [2.24, 2.45) is 0 Å². The second-order valence-electron chi connectivity index (χ2n) is 4.92. The number of rotatable bonds is 4. The molecule has 1 aromatic rings. The molecule has 0 bridgehead atoms. The van der Waals surface area contributed by atoms with Crippen LogP contribution in [0, 0.1) is 6.92 Å². The highest BCUT2D eigenvalue weighted by Crippen LogP contribution is 2.19. The second kappa shape index (κ2) is 6.72. The van der Waals surface area contributed by atoms with Crippen LogP contribution in [-0.4, -0.2) is 54.8 Å². The first-order valence-electron chi connectivity index (χ1n) is 6.56. The van der Waals surface area contributed by atoms with Gasteiger partial charge in [0.05, 0.1) is 6.54 Å². The molecule has 0 aliphatic carbocycles. The van der Waals surface area contributed by atoms with Gasteiger partial charge < -0.3 is 10.2 Å². The number of carbonyl (C=O) groups is 2. The smallest absolute Gasteiger partial charge is 0.238 e. The van der Waals surface area contributed by atoms with E-state index < -0.39 is 0 Å². The Morgan fingerprint density at radius 3 is 2.65 bits per heavy atom. The molecule has 1 heterocycles. The van der Waals surface area contributed by atoms with E-state index in [4.69, 9.17) is 11.6 Å². The molecule has 1 N–H and O–H groups in total. The molecule has 0 spiro atoms. The van der Waals surface area contributed by atoms with Crippen molar-refractivity contribution in [2.75, 3.05) is 38.0 Å². The number of nitrogens with one attached hydrogen (secondary N) is 1. The molecule has 2 rings (SSSR count). The standard InChI is InChI=1S/C14H18ClN3O2/c1-11-8-12(15)2-3-13(11)16-14(20)9-17-4-6-18(10-19)7-5-17/h2-3,8,10H,4-7,9H2,1H3,(H,16,20). The average Bonchev–Trinajstić information content (AvgIpc) is 2.43. The van der Waals surface area contributed by atoms with E-state index in [1.807, 2.05) is 17.9 Å². The molecule has 6 heteroatoms. The number of benzene rings is 1. The Morgan fingerprint density at radius 2 is 2.05 bits per heavy atom. The van der Waals surface area contributed by atoms with Crippen LogP contribution in [0.5, 0.6) is 0 Å². The number of anilines is 1. The van der Waals surface area contributed by atoms with E-state index in [-0.39, 0.29) is 5.91 Å². The van der Waals surface area contributed by atoms with E-state index >= 15 is 0 Å². The highest BCUT2D eigenvalue weighted by atomic mass is 35.5. The predicted octanol–water partition coefficient (Wildman–Crippen LogP) is 1.36. The largest absolute Gasteiger partial charge is 0.343 e. The van der Waals surface area contributed by atoms with Gasteiger partial charge in [0.1, 0.15) is 0 Å². The monoisotopic (exact) mass is 295 g/mol. The van der Waals surface area contributed by atoms with E-state index in [1.54, 1.807) is 17.0 Å². The third-order valence-electron chi connectivity index (χ3n) is 3.39. The van der Waals surface area contributed by atoms with Gasteiger partial charge in [0.25, 0.3) is 0 Å². The molecule has 2 amide bonds. The molecule has 1 aliphatic rings. The third-order valence-corrected chi connectivity index (χ3v) is 3.62. The van der Waals surface area contributed by atoms with Crippen molar-refractivity contribution in [1.82, 2.24) is 9.80 Å². The molecule has 5 nitrogen and oxygen atoms in total. The fourth-order valence-electron chi connectivity index (χ4n) is 2.19. The minimum Gasteiger partial charge on any atom is -0.343 e. The van der Waals surface area contributed by atoms with E-state index in [0.717, 1.165) is 30.8 Å². The molecule has 1 fully saturated rings. The summed E-state index contributed by atoms with van der Waals surface area (Å²) >= 11 is 5.88. The minimum atomic E-state index is -0.0463. The van der Waals surface area contributed by atoms with Crippen LogP contribution in [0.4, 0.5) is 5.69 Å². The molecule has 0 unspecified atom stereocenters. The number of piperazine rings is 1. The van der Waals surface area contributed by atoms with E-state index in [1.165, 1.54) is 0 Å². The molecule has 0 radical (unpaired) electrons. The summed E-state index contributed by atoms with van der Waals surface area (Å²) in [5.41, 5.74) is 1.72. The van der Waals surface area contributed by atoms with Crippen molar-refractivity contribution in [3.8, 4) is 0 Å². The molecule has 1 aliphatic heterocycles. The summed E-state index contributed by atoms with van der Waals surface area (Å²) < 4.78 is 0. The molecule has 0 saturated carbocycles. The topological polar surface area (TPSA) is 52.7 Å². The molecule has 1 aromatic carbocycles. The van der Waals surface area contributed by atoms with E-state index in [9.17, 15) is 9.59 Å². The molecular formula is C14H18ClN3O2. The number of nitrogens with zero attached hydrogens (tertiary/aromatic N) is 2. The molecule has 0 aromatic heterocycles. The Hall–Kier alpha value is -1.59. The van der Waals surface area contributed by atoms with E-state index in [0.29, 0.717) is 24.7 Å². The summed E-state index contributed by atoms with van der Waals surface area (Å²) in [6.07, 6.45) is 0.856. The summed E-state index contributed by atoms with van der Waals surface area (Å²) in [4.78, 5) is 26.4. The van der Waals surface area contributed by atoms with Crippen molar-refractivity contribution in [3.63, 3.8) is 0 Å². The average molecular weight is 296 g/mol. The van der Waals surface area contributed by atoms with Crippen molar-refractivity contribution >= 4 is 29.6 Å². The van der Waals surface area contributed by atoms with Crippen molar-refractivity contribution in [3.05, 3.63) is 28.8 Å². The molecule has 20 heavy (non-hydrogen) atoms. The predicted molar refractivity (Wildman–Crippen MR) is 78.9 cm³/mol. The number of hydrogen-bond acceptors (Lipinski definition) is 3. The summed E-state index contributed by atoms with van der Waals surface area (Å²) in [5.74, 6) is -0.0463. The van der Waals surface area contributed by atoms with Crippen molar-refractivity contribution in [2.45, 2.75) is 6.92 Å². The fraction of sp³-hybridized carbons (Fsp3) is 0.429. The second-order valence-corrected chi connectivity index (χ2v) is 5.36. The van der Waals surface area contributed by atoms with Crippen LogP contribution in [0.2, 0.25) is 5.02 Å². The van der Waals surface area contributed by atoms with Gasteiger partial charge in [-0.25, -0.2) is 0 Å². The number of halogens is 1. The summed E-state index contributed by atoms with van der Waals surface area (Å²) in [6, 6.07) is 5.38. The summed E-state index contributed by atoms with van der Waals surface area (Å²) in [7, 11) is 0. The Kier molecular flexibility index (Phi) is 4.98. The maximum absolute atomic E-state index is 12.0. The van der Waals surface area contributed by atoms with Crippen LogP contribution in [0.3, 0.4) is 0 Å². The van der Waals surface area contributed by atoms with Gasteiger partial charge in [-0.1, -0.05) is 11.6 Å². The lowest BCUT2D eigenvalue weighted by molar-refractivity contribution is -0.120.